The highest BCUT2D eigenvalue weighted by Crippen LogP contribution is 2.29. The lowest BCUT2D eigenvalue weighted by Crippen LogP contribution is -2.60. The molecule has 1 aliphatic heterocycles. The molecule has 4 N–H and O–H groups in total. The Hall–Kier alpha value is -3.37. The van der Waals surface area contributed by atoms with Crippen LogP contribution in [-0.4, -0.2) is 69.1 Å². The number of fused-ring (bicyclic) bond motifs is 1. The molecule has 11 heteroatoms. The molecule has 10 nitrogen and oxygen atoms in total. The highest BCUT2D eigenvalue weighted by atomic mass is 35.5. The fourth-order valence-corrected chi connectivity index (χ4v) is 3.87. The molecule has 2 aromatic heterocycles. The summed E-state index contributed by atoms with van der Waals surface area (Å²) in [6.45, 7) is 3.15. The molecule has 0 aliphatic carbocycles. The lowest BCUT2D eigenvalue weighted by Gasteiger charge is -2.39. The fraction of sp³-hybridized carbons (Fsp3) is 0.333. The van der Waals surface area contributed by atoms with Crippen LogP contribution in [0.25, 0.3) is 22.2 Å². The van der Waals surface area contributed by atoms with Gasteiger partial charge in [0.1, 0.15) is 0 Å². The van der Waals surface area contributed by atoms with E-state index < -0.39 is 12.3 Å². The number of halogens is 1. The van der Waals surface area contributed by atoms with Crippen LogP contribution in [-0.2, 0) is 4.74 Å². The normalized spacial score (nSPS) is 16.4. The molecule has 3 aromatic rings. The molecule has 0 bridgehead atoms. The van der Waals surface area contributed by atoms with Crippen LogP contribution < -0.4 is 11.6 Å². The zero-order valence-corrected chi connectivity index (χ0v) is 18.3. The number of benzene rings is 1. The van der Waals surface area contributed by atoms with Crippen LogP contribution in [0.1, 0.15) is 23.7 Å². The molecule has 168 valence electrons. The summed E-state index contributed by atoms with van der Waals surface area (Å²) in [5.41, 5.74) is 8.52. The molecule has 1 aromatic carbocycles. The number of carbonyl (C=O) groups is 2. The van der Waals surface area contributed by atoms with Crippen LogP contribution in [0.4, 0.5) is 4.79 Å². The Labute approximate surface area is 189 Å². The number of carbonyl (C=O) groups excluding carboxylic acids is 2. The van der Waals surface area contributed by atoms with Gasteiger partial charge in [-0.1, -0.05) is 24.6 Å². The highest BCUT2D eigenvalue weighted by molar-refractivity contribution is 6.35. The van der Waals surface area contributed by atoms with E-state index in [1.54, 1.807) is 41.6 Å². The average molecular weight is 458 g/mol. The lowest BCUT2D eigenvalue weighted by molar-refractivity contribution is 0.0392. The van der Waals surface area contributed by atoms with Gasteiger partial charge in [0.2, 0.25) is 0 Å². The van der Waals surface area contributed by atoms with Crippen molar-refractivity contribution in [1.29, 1.82) is 0 Å². The summed E-state index contributed by atoms with van der Waals surface area (Å²) in [7, 11) is 0. The molecule has 0 radical (unpaired) electrons. The first-order valence-electron chi connectivity index (χ1n) is 10.3. The third-order valence-electron chi connectivity index (χ3n) is 5.27. The molecule has 0 saturated carbocycles. The Balaban J connectivity index is 1.55. The number of hydrogen-bond acceptors (Lipinski definition) is 7. The van der Waals surface area contributed by atoms with Crippen LogP contribution in [0.5, 0.6) is 0 Å². The van der Waals surface area contributed by atoms with E-state index in [4.69, 9.17) is 27.9 Å². The van der Waals surface area contributed by atoms with E-state index in [1.165, 1.54) is 9.69 Å². The van der Waals surface area contributed by atoms with E-state index in [1.807, 2.05) is 6.92 Å². The Bertz CT molecular complexity index is 1170. The van der Waals surface area contributed by atoms with Crippen molar-refractivity contribution in [3.05, 3.63) is 47.2 Å². The summed E-state index contributed by atoms with van der Waals surface area (Å²) in [6.07, 6.45) is 2.91. The molecule has 0 spiro atoms. The molecular formula is C21H24ClN7O3. The maximum atomic E-state index is 13.2. The standard InChI is InChI=1S/C21H24ClN7O3/c1-2-7-32-21(31)27-5-6-28(19(23)12-27)20(30)13-3-4-15-16(22)9-17(26-18(15)8-13)14-10-25-29(24)11-14/h3-4,8-11,19H,2,5-7,12,23-24H2,1H3. The van der Waals surface area contributed by atoms with Crippen LogP contribution >= 0.6 is 11.6 Å². The Morgan fingerprint density at radius 1 is 1.28 bits per heavy atom. The van der Waals surface area contributed by atoms with Crippen molar-refractivity contribution < 1.29 is 14.3 Å². The van der Waals surface area contributed by atoms with Crippen LogP contribution in [0.15, 0.2) is 36.7 Å². The number of amides is 2. The summed E-state index contributed by atoms with van der Waals surface area (Å²) in [6, 6.07) is 6.88. The van der Waals surface area contributed by atoms with Gasteiger partial charge in [-0.3, -0.25) is 4.79 Å². The van der Waals surface area contributed by atoms with Gasteiger partial charge in [-0.2, -0.15) is 9.89 Å². The monoisotopic (exact) mass is 457 g/mol. The second kappa shape index (κ2) is 9.01. The van der Waals surface area contributed by atoms with E-state index in [9.17, 15) is 9.59 Å². The summed E-state index contributed by atoms with van der Waals surface area (Å²) in [5, 5.41) is 5.18. The number of pyridine rings is 1. The summed E-state index contributed by atoms with van der Waals surface area (Å²) in [5.74, 6) is 5.39. The number of nitrogens with zero attached hydrogens (tertiary/aromatic N) is 5. The maximum absolute atomic E-state index is 13.2. The molecule has 4 rings (SSSR count). The number of ether oxygens (including phenoxy) is 1. The third kappa shape index (κ3) is 4.32. The third-order valence-corrected chi connectivity index (χ3v) is 5.58. The Morgan fingerprint density at radius 2 is 2.09 bits per heavy atom. The Kier molecular flexibility index (Phi) is 6.15. The Morgan fingerprint density at radius 3 is 2.78 bits per heavy atom. The SMILES string of the molecule is CCCOC(=O)N1CCN(C(=O)c2ccc3c(Cl)cc(-c4cnn(N)c4)nc3c2)C(N)C1. The first-order valence-corrected chi connectivity index (χ1v) is 10.6. The molecule has 1 fully saturated rings. The smallest absolute Gasteiger partial charge is 0.409 e. The molecule has 1 saturated heterocycles. The fourth-order valence-electron chi connectivity index (χ4n) is 3.61. The number of rotatable bonds is 4. The number of nitrogen functional groups attached to an aromatic ring is 1. The van der Waals surface area contributed by atoms with E-state index in [0.29, 0.717) is 47.1 Å². The van der Waals surface area contributed by atoms with Gasteiger partial charge in [0.25, 0.3) is 5.91 Å². The van der Waals surface area contributed by atoms with Gasteiger partial charge in [-0.25, -0.2) is 9.78 Å². The second-order valence-corrected chi connectivity index (χ2v) is 7.96. The first kappa shape index (κ1) is 21.8. The maximum Gasteiger partial charge on any atom is 0.409 e. The first-order chi connectivity index (χ1) is 15.4. The second-order valence-electron chi connectivity index (χ2n) is 7.56. The topological polar surface area (TPSA) is 133 Å². The van der Waals surface area contributed by atoms with Gasteiger partial charge in [0, 0.05) is 29.6 Å². The number of aromatic nitrogens is 3. The molecule has 2 amide bonds. The predicted molar refractivity (Wildman–Crippen MR) is 120 cm³/mol. The molecule has 1 atom stereocenters. The van der Waals surface area contributed by atoms with Crippen molar-refractivity contribution in [1.82, 2.24) is 24.7 Å². The average Bonchev–Trinajstić information content (AvgIpc) is 3.22. The minimum Gasteiger partial charge on any atom is -0.449 e. The van der Waals surface area contributed by atoms with Gasteiger partial charge < -0.3 is 26.1 Å². The molecule has 1 unspecified atom stereocenters. The van der Waals surface area contributed by atoms with Gasteiger partial charge in [0.15, 0.2) is 0 Å². The van der Waals surface area contributed by atoms with E-state index in [2.05, 4.69) is 10.1 Å². The van der Waals surface area contributed by atoms with Crippen molar-refractivity contribution in [2.24, 2.45) is 5.73 Å². The largest absolute Gasteiger partial charge is 0.449 e. The van der Waals surface area contributed by atoms with E-state index in [-0.39, 0.29) is 12.5 Å². The number of hydrogen-bond donors (Lipinski definition) is 2. The predicted octanol–water partition coefficient (Wildman–Crippen LogP) is 2.05. The number of nitrogens with two attached hydrogens (primary N) is 2. The van der Waals surface area contributed by atoms with Crippen molar-refractivity contribution >= 4 is 34.5 Å². The summed E-state index contributed by atoms with van der Waals surface area (Å²) in [4.78, 5) is 34.1. The molecular weight excluding hydrogens is 434 g/mol. The quantitative estimate of drug-likeness (QED) is 0.573. The van der Waals surface area contributed by atoms with Crippen LogP contribution in [0, 0.1) is 0 Å². The van der Waals surface area contributed by atoms with Crippen molar-refractivity contribution in [3.8, 4) is 11.3 Å². The van der Waals surface area contributed by atoms with E-state index in [0.717, 1.165) is 11.8 Å². The zero-order chi connectivity index (χ0) is 22.8. The summed E-state index contributed by atoms with van der Waals surface area (Å²) < 4.78 is 5.16. The zero-order valence-electron chi connectivity index (χ0n) is 17.6. The summed E-state index contributed by atoms with van der Waals surface area (Å²) >= 11 is 6.44. The number of piperazine rings is 1. The van der Waals surface area contributed by atoms with Crippen molar-refractivity contribution in [2.75, 3.05) is 32.1 Å². The minimum atomic E-state index is -0.639. The molecule has 3 heterocycles. The van der Waals surface area contributed by atoms with Gasteiger partial charge >= 0.3 is 6.09 Å². The van der Waals surface area contributed by atoms with Gasteiger partial charge in [0.05, 0.1) is 47.9 Å². The highest BCUT2D eigenvalue weighted by Gasteiger charge is 2.31. The van der Waals surface area contributed by atoms with Crippen LogP contribution in [0.2, 0.25) is 5.02 Å². The molecule has 32 heavy (non-hydrogen) atoms. The van der Waals surface area contributed by atoms with E-state index >= 15 is 0 Å². The van der Waals surface area contributed by atoms with Gasteiger partial charge in [-0.15, -0.1) is 0 Å². The van der Waals surface area contributed by atoms with Crippen molar-refractivity contribution in [3.63, 3.8) is 0 Å². The molecule has 1 aliphatic rings. The van der Waals surface area contributed by atoms with Crippen molar-refractivity contribution in [2.45, 2.75) is 19.5 Å². The lowest BCUT2D eigenvalue weighted by atomic mass is 10.1. The van der Waals surface area contributed by atoms with Crippen LogP contribution in [0.3, 0.4) is 0 Å². The van der Waals surface area contributed by atoms with Gasteiger partial charge in [-0.05, 0) is 24.6 Å². The minimum absolute atomic E-state index is 0.208.